The van der Waals surface area contributed by atoms with Gasteiger partial charge in [0.05, 0.1) is 16.7 Å². The van der Waals surface area contributed by atoms with Gasteiger partial charge in [-0.2, -0.15) is 0 Å². The molecule has 3 aliphatic heterocycles. The molecule has 0 saturated carbocycles. The molecule has 7 nitrogen and oxygen atoms in total. The molecule has 3 heterocycles. The van der Waals surface area contributed by atoms with E-state index in [1.807, 2.05) is 4.90 Å². The van der Waals surface area contributed by atoms with Crippen LogP contribution in [0.2, 0.25) is 0 Å². The number of halogens is 2. The van der Waals surface area contributed by atoms with E-state index in [2.05, 4.69) is 11.9 Å². The molecule has 0 aliphatic carbocycles. The lowest BCUT2D eigenvalue weighted by Gasteiger charge is -2.38. The minimum Gasteiger partial charge on any atom is -0.385 e. The highest BCUT2D eigenvalue weighted by atomic mass is 19.1. The van der Waals surface area contributed by atoms with E-state index in [4.69, 9.17) is 0 Å². The van der Waals surface area contributed by atoms with E-state index in [0.29, 0.717) is 62.1 Å². The average molecular weight is 481 g/mol. The van der Waals surface area contributed by atoms with Crippen molar-refractivity contribution in [2.75, 3.05) is 13.1 Å². The molecule has 0 radical (unpaired) electrons. The monoisotopic (exact) mass is 481 g/mol. The van der Waals surface area contributed by atoms with Crippen LogP contribution < -0.4 is 5.32 Å². The number of nitrogens with zero attached hydrogens (tertiary/aromatic N) is 2. The third-order valence-electron chi connectivity index (χ3n) is 7.10. The molecule has 2 N–H and O–H groups in total. The zero-order chi connectivity index (χ0) is 24.9. The summed E-state index contributed by atoms with van der Waals surface area (Å²) >= 11 is 0. The van der Waals surface area contributed by atoms with Crippen molar-refractivity contribution in [1.82, 2.24) is 15.1 Å². The average Bonchev–Trinajstić information content (AvgIpc) is 3.05. The molecule has 35 heavy (non-hydrogen) atoms. The molecular weight excluding hydrogens is 456 g/mol. The summed E-state index contributed by atoms with van der Waals surface area (Å²) in [5.41, 5.74) is 0.777. The maximum Gasteiger partial charge on any atom is 0.262 e. The third-order valence-corrected chi connectivity index (χ3v) is 7.10. The van der Waals surface area contributed by atoms with Crippen LogP contribution >= 0.6 is 0 Å². The minimum absolute atomic E-state index is 0.177. The molecule has 0 spiro atoms. The predicted molar refractivity (Wildman–Crippen MR) is 122 cm³/mol. The van der Waals surface area contributed by atoms with Gasteiger partial charge in [-0.15, -0.1) is 0 Å². The molecule has 1 unspecified atom stereocenters. The molecule has 3 aliphatic rings. The maximum absolute atomic E-state index is 13.5. The van der Waals surface area contributed by atoms with Gasteiger partial charge in [-0.05, 0) is 61.1 Å². The summed E-state index contributed by atoms with van der Waals surface area (Å²) in [6.45, 7) is 5.05. The molecule has 2 aromatic rings. The van der Waals surface area contributed by atoms with Crippen molar-refractivity contribution in [3.63, 3.8) is 0 Å². The first-order valence-corrected chi connectivity index (χ1v) is 11.6. The first-order valence-electron chi connectivity index (χ1n) is 11.6. The number of rotatable bonds is 4. The number of amides is 3. The lowest BCUT2D eigenvalue weighted by Crippen LogP contribution is -2.51. The fourth-order valence-electron chi connectivity index (χ4n) is 5.17. The normalized spacial score (nSPS) is 22.4. The Morgan fingerprint density at radius 2 is 1.66 bits per heavy atom. The number of carbonyl (C=O) groups is 3. The SMILES string of the molecule is C=C1CCC(N2C(=O)c3ccc(C4(O)CCN(Cc5cc(F)cc(F)c5)CC4)cc3C2=O)C(=O)N1. The number of benzene rings is 2. The van der Waals surface area contributed by atoms with Gasteiger partial charge in [0.1, 0.15) is 17.7 Å². The van der Waals surface area contributed by atoms with E-state index in [1.165, 1.54) is 18.2 Å². The quantitative estimate of drug-likeness (QED) is 0.656. The largest absolute Gasteiger partial charge is 0.385 e. The summed E-state index contributed by atoms with van der Waals surface area (Å²) in [4.78, 5) is 41.5. The van der Waals surface area contributed by atoms with E-state index in [-0.39, 0.29) is 11.1 Å². The molecule has 2 fully saturated rings. The molecule has 3 amide bonds. The predicted octanol–water partition coefficient (Wildman–Crippen LogP) is 2.84. The first-order chi connectivity index (χ1) is 16.6. The number of nitrogens with one attached hydrogen (secondary N) is 1. The minimum atomic E-state index is -1.21. The van der Waals surface area contributed by atoms with E-state index in [0.717, 1.165) is 11.0 Å². The Kier molecular flexibility index (Phi) is 5.77. The Bertz CT molecular complexity index is 1230. The Labute approximate surface area is 201 Å². The van der Waals surface area contributed by atoms with Gasteiger partial charge in [0.25, 0.3) is 11.8 Å². The van der Waals surface area contributed by atoms with Crippen LogP contribution in [0.25, 0.3) is 0 Å². The molecule has 2 saturated heterocycles. The van der Waals surface area contributed by atoms with E-state index in [1.54, 1.807) is 12.1 Å². The zero-order valence-corrected chi connectivity index (χ0v) is 19.0. The van der Waals surface area contributed by atoms with Gasteiger partial charge in [-0.3, -0.25) is 24.2 Å². The summed E-state index contributed by atoms with van der Waals surface area (Å²) in [6.07, 6.45) is 1.50. The smallest absolute Gasteiger partial charge is 0.262 e. The Morgan fingerprint density at radius 3 is 2.31 bits per heavy atom. The van der Waals surface area contributed by atoms with Crippen LogP contribution in [-0.4, -0.2) is 51.8 Å². The summed E-state index contributed by atoms with van der Waals surface area (Å²) in [7, 11) is 0. The van der Waals surface area contributed by atoms with E-state index in [9.17, 15) is 28.3 Å². The number of fused-ring (bicyclic) bond motifs is 1. The van der Waals surface area contributed by atoms with Crippen LogP contribution in [0.4, 0.5) is 8.78 Å². The van der Waals surface area contributed by atoms with Crippen molar-refractivity contribution in [2.24, 2.45) is 0 Å². The van der Waals surface area contributed by atoms with Gasteiger partial charge in [-0.25, -0.2) is 8.78 Å². The number of carbonyl (C=O) groups excluding carboxylic acids is 3. The Hall–Kier alpha value is -3.43. The van der Waals surface area contributed by atoms with E-state index < -0.39 is 41.0 Å². The second kappa shape index (κ2) is 8.66. The zero-order valence-electron chi connectivity index (χ0n) is 19.0. The maximum atomic E-state index is 13.5. The summed E-state index contributed by atoms with van der Waals surface area (Å²) < 4.78 is 27.0. The standard InChI is InChI=1S/C26H25F2N3O4/c1-15-2-5-22(23(32)29-15)31-24(33)20-4-3-17(12-21(20)25(31)34)26(35)6-8-30(9-7-26)14-16-10-18(27)13-19(28)11-16/h3-4,10-13,22,35H,1-2,5-9,14H2,(H,29,32). The van der Waals surface area contributed by atoms with Gasteiger partial charge in [-0.1, -0.05) is 12.6 Å². The van der Waals surface area contributed by atoms with Crippen molar-refractivity contribution in [3.05, 3.63) is 82.6 Å². The number of allylic oxidation sites excluding steroid dienone is 1. The van der Waals surface area contributed by atoms with Crippen LogP contribution in [0.5, 0.6) is 0 Å². The number of likely N-dealkylation sites (tertiary alicyclic amines) is 1. The van der Waals surface area contributed by atoms with Gasteiger partial charge in [0.15, 0.2) is 0 Å². The second-order valence-corrected chi connectivity index (χ2v) is 9.47. The lowest BCUT2D eigenvalue weighted by atomic mass is 9.83. The fraction of sp³-hybridized carbons (Fsp3) is 0.346. The number of imide groups is 1. The Morgan fingerprint density at radius 1 is 1.00 bits per heavy atom. The topological polar surface area (TPSA) is 90.0 Å². The van der Waals surface area contributed by atoms with Crippen LogP contribution in [0.3, 0.4) is 0 Å². The molecule has 182 valence electrons. The van der Waals surface area contributed by atoms with Crippen LogP contribution in [0.1, 0.15) is 57.5 Å². The number of aliphatic hydroxyl groups is 1. The van der Waals surface area contributed by atoms with Crippen LogP contribution in [0, 0.1) is 11.6 Å². The molecule has 5 rings (SSSR count). The van der Waals surface area contributed by atoms with Crippen molar-refractivity contribution in [3.8, 4) is 0 Å². The van der Waals surface area contributed by atoms with Gasteiger partial charge < -0.3 is 10.4 Å². The molecule has 0 aromatic heterocycles. The summed E-state index contributed by atoms with van der Waals surface area (Å²) in [5.74, 6) is -2.76. The van der Waals surface area contributed by atoms with Gasteiger partial charge >= 0.3 is 0 Å². The Balaban J connectivity index is 1.31. The summed E-state index contributed by atoms with van der Waals surface area (Å²) in [6, 6.07) is 7.25. The van der Waals surface area contributed by atoms with Crippen molar-refractivity contribution in [1.29, 1.82) is 0 Å². The van der Waals surface area contributed by atoms with Gasteiger partial charge in [0, 0.05) is 31.4 Å². The highest BCUT2D eigenvalue weighted by Gasteiger charge is 2.45. The molecule has 1 atom stereocenters. The van der Waals surface area contributed by atoms with E-state index >= 15 is 0 Å². The van der Waals surface area contributed by atoms with Crippen molar-refractivity contribution < 1.29 is 28.3 Å². The third kappa shape index (κ3) is 4.26. The summed E-state index contributed by atoms with van der Waals surface area (Å²) in [5, 5.41) is 14.0. The molecule has 2 aromatic carbocycles. The number of hydrogen-bond acceptors (Lipinski definition) is 5. The van der Waals surface area contributed by atoms with Crippen molar-refractivity contribution in [2.45, 2.75) is 43.9 Å². The number of hydrogen-bond donors (Lipinski definition) is 2. The fourth-order valence-corrected chi connectivity index (χ4v) is 5.17. The van der Waals surface area contributed by atoms with Crippen LogP contribution in [-0.2, 0) is 16.9 Å². The number of piperidine rings is 2. The molecule has 9 heteroatoms. The highest BCUT2D eigenvalue weighted by molar-refractivity contribution is 6.23. The molecule has 0 bridgehead atoms. The van der Waals surface area contributed by atoms with Gasteiger partial charge in [0.2, 0.25) is 5.91 Å². The second-order valence-electron chi connectivity index (χ2n) is 9.47. The van der Waals surface area contributed by atoms with Crippen molar-refractivity contribution >= 4 is 17.7 Å². The van der Waals surface area contributed by atoms with Crippen LogP contribution in [0.15, 0.2) is 48.7 Å². The molecular formula is C26H25F2N3O4. The highest BCUT2D eigenvalue weighted by Crippen LogP contribution is 2.37. The first kappa shape index (κ1) is 23.3. The lowest BCUT2D eigenvalue weighted by molar-refractivity contribution is -0.125.